The molecular weight excluding hydrogens is 532 g/mol. The number of nitrogens with one attached hydrogen (secondary N) is 1. The van der Waals surface area contributed by atoms with Gasteiger partial charge in [0.1, 0.15) is 18.9 Å². The van der Waals surface area contributed by atoms with Crippen LogP contribution in [0.1, 0.15) is 63.1 Å². The van der Waals surface area contributed by atoms with E-state index in [4.69, 9.17) is 18.9 Å². The highest BCUT2D eigenvalue weighted by Gasteiger charge is 2.31. The summed E-state index contributed by atoms with van der Waals surface area (Å²) in [7, 11) is 0. The van der Waals surface area contributed by atoms with Crippen molar-refractivity contribution in [3.05, 3.63) is 89.5 Å². The van der Waals surface area contributed by atoms with Gasteiger partial charge < -0.3 is 24.3 Å². The normalized spacial score (nSPS) is 15.2. The van der Waals surface area contributed by atoms with Gasteiger partial charge in [0.2, 0.25) is 5.91 Å². The van der Waals surface area contributed by atoms with E-state index < -0.39 is 12.0 Å². The number of amides is 2. The second-order valence-electron chi connectivity index (χ2n) is 10.5. The summed E-state index contributed by atoms with van der Waals surface area (Å²) >= 11 is 0. The van der Waals surface area contributed by atoms with Crippen molar-refractivity contribution in [2.45, 2.75) is 78.4 Å². The highest BCUT2D eigenvalue weighted by atomic mass is 16.6. The zero-order chi connectivity index (χ0) is 29.7. The lowest BCUT2D eigenvalue weighted by Crippen LogP contribution is -2.37. The smallest absolute Gasteiger partial charge is 0.421 e. The maximum absolute atomic E-state index is 13.4. The third-order valence-electron chi connectivity index (χ3n) is 7.25. The largest absolute Gasteiger partial charge is 0.485 e. The summed E-state index contributed by atoms with van der Waals surface area (Å²) < 4.78 is 24.5. The number of hydrogen-bond donors (Lipinski definition) is 1. The standard InChI is InChI=1S/C34H42N2O6/c1-4-5-21-39-34(38)36(26(3)37)32-29(24-40-25(2)30-17-12-20-35-30)18-19-31(41-22-27-13-8-6-9-14-27)33(32)42-23-28-15-10-7-11-16-28/h6-11,13-16,18-19,25,30,35H,4-5,12,17,20-24H2,1-3H3/t25?,30-/m1/s1. The van der Waals surface area contributed by atoms with Crippen molar-refractivity contribution in [3.63, 3.8) is 0 Å². The number of carbonyl (C=O) groups excluding carboxylic acids is 2. The fourth-order valence-electron chi connectivity index (χ4n) is 4.87. The van der Waals surface area contributed by atoms with Gasteiger partial charge in [0.05, 0.1) is 19.3 Å². The molecule has 3 aromatic rings. The number of nitrogens with zero attached hydrogens (tertiary/aromatic N) is 1. The minimum absolute atomic E-state index is 0.0645. The average Bonchev–Trinajstić information content (AvgIpc) is 3.55. The topological polar surface area (TPSA) is 86.3 Å². The molecule has 0 radical (unpaired) electrons. The third kappa shape index (κ3) is 8.57. The SMILES string of the molecule is CCCCOC(=O)N(C(C)=O)c1c(COC(C)[C@H]2CCCN2)ccc(OCc2ccccc2)c1OCc1ccccc1. The van der Waals surface area contributed by atoms with Crippen LogP contribution in [0.2, 0.25) is 0 Å². The molecule has 1 aliphatic heterocycles. The van der Waals surface area contributed by atoms with Gasteiger partial charge in [-0.25, -0.2) is 9.69 Å². The maximum Gasteiger partial charge on any atom is 0.421 e. The van der Waals surface area contributed by atoms with Crippen LogP contribution in [-0.4, -0.2) is 37.3 Å². The number of ether oxygens (including phenoxy) is 4. The molecule has 1 saturated heterocycles. The molecule has 1 fully saturated rings. The minimum atomic E-state index is -0.757. The summed E-state index contributed by atoms with van der Waals surface area (Å²) in [6, 6.07) is 23.4. The first-order valence-electron chi connectivity index (χ1n) is 14.8. The summed E-state index contributed by atoms with van der Waals surface area (Å²) in [5.74, 6) is 0.199. The second kappa shape index (κ2) is 15.9. The van der Waals surface area contributed by atoms with E-state index in [2.05, 4.69) is 5.32 Å². The molecule has 0 spiro atoms. The van der Waals surface area contributed by atoms with Crippen molar-refractivity contribution in [1.29, 1.82) is 0 Å². The Balaban J connectivity index is 1.74. The number of imide groups is 1. The van der Waals surface area contributed by atoms with Crippen molar-refractivity contribution >= 4 is 17.7 Å². The lowest BCUT2D eigenvalue weighted by atomic mass is 10.1. The van der Waals surface area contributed by atoms with E-state index in [0.717, 1.165) is 41.8 Å². The molecule has 3 aromatic carbocycles. The van der Waals surface area contributed by atoms with Gasteiger partial charge in [-0.05, 0) is 49.9 Å². The fraction of sp³-hybridized carbons (Fsp3) is 0.412. The Morgan fingerprint density at radius 1 is 0.929 bits per heavy atom. The van der Waals surface area contributed by atoms with Crippen LogP contribution in [-0.2, 0) is 34.1 Å². The Kier molecular flexibility index (Phi) is 11.8. The van der Waals surface area contributed by atoms with Crippen molar-refractivity contribution in [2.75, 3.05) is 18.1 Å². The molecule has 0 saturated carbocycles. The van der Waals surface area contributed by atoms with Crippen molar-refractivity contribution in [2.24, 2.45) is 0 Å². The van der Waals surface area contributed by atoms with Crippen LogP contribution < -0.4 is 19.7 Å². The molecule has 8 nitrogen and oxygen atoms in total. The van der Waals surface area contributed by atoms with Crippen LogP contribution in [0.25, 0.3) is 0 Å². The molecule has 1 aliphatic rings. The molecule has 0 bridgehead atoms. The molecule has 2 atom stereocenters. The molecule has 0 aliphatic carbocycles. The summed E-state index contributed by atoms with van der Waals surface area (Å²) in [5.41, 5.74) is 2.80. The summed E-state index contributed by atoms with van der Waals surface area (Å²) in [6.45, 7) is 7.22. The van der Waals surface area contributed by atoms with Crippen LogP contribution in [0.4, 0.5) is 10.5 Å². The Morgan fingerprint density at radius 3 is 2.19 bits per heavy atom. The zero-order valence-corrected chi connectivity index (χ0v) is 24.8. The monoisotopic (exact) mass is 574 g/mol. The van der Waals surface area contributed by atoms with Gasteiger partial charge in [-0.2, -0.15) is 0 Å². The second-order valence-corrected chi connectivity index (χ2v) is 10.5. The molecule has 2 amide bonds. The molecule has 0 aromatic heterocycles. The van der Waals surface area contributed by atoms with E-state index in [1.54, 1.807) is 0 Å². The number of anilines is 1. The summed E-state index contributed by atoms with van der Waals surface area (Å²) in [5, 5.41) is 3.48. The molecule has 4 rings (SSSR count). The first-order valence-corrected chi connectivity index (χ1v) is 14.8. The van der Waals surface area contributed by atoms with Crippen LogP contribution in [0.3, 0.4) is 0 Å². The van der Waals surface area contributed by atoms with Gasteiger partial charge in [-0.3, -0.25) is 4.79 Å². The fourth-order valence-corrected chi connectivity index (χ4v) is 4.87. The lowest BCUT2D eigenvalue weighted by molar-refractivity contribution is -0.116. The van der Waals surface area contributed by atoms with Gasteiger partial charge >= 0.3 is 6.09 Å². The first-order chi connectivity index (χ1) is 20.5. The predicted octanol–water partition coefficient (Wildman–Crippen LogP) is 6.79. The molecular formula is C34H42N2O6. The highest BCUT2D eigenvalue weighted by Crippen LogP contribution is 2.43. The van der Waals surface area contributed by atoms with Gasteiger partial charge in [0.15, 0.2) is 11.5 Å². The van der Waals surface area contributed by atoms with Crippen molar-refractivity contribution in [3.8, 4) is 11.5 Å². The van der Waals surface area contributed by atoms with Crippen LogP contribution in [0.15, 0.2) is 72.8 Å². The zero-order valence-electron chi connectivity index (χ0n) is 24.8. The third-order valence-corrected chi connectivity index (χ3v) is 7.25. The van der Waals surface area contributed by atoms with Crippen LogP contribution in [0.5, 0.6) is 11.5 Å². The Hall–Kier alpha value is -3.88. The molecule has 1 unspecified atom stereocenters. The number of unbranched alkanes of at least 4 members (excludes halogenated alkanes) is 1. The quantitative estimate of drug-likeness (QED) is 0.212. The molecule has 8 heteroatoms. The van der Waals surface area contributed by atoms with Crippen molar-refractivity contribution < 1.29 is 28.5 Å². The predicted molar refractivity (Wildman–Crippen MR) is 163 cm³/mol. The Labute approximate surface area is 248 Å². The van der Waals surface area contributed by atoms with Gasteiger partial charge in [-0.1, -0.05) is 80.1 Å². The maximum atomic E-state index is 13.4. The van der Waals surface area contributed by atoms with E-state index in [1.807, 2.05) is 86.6 Å². The van der Waals surface area contributed by atoms with E-state index in [9.17, 15) is 9.59 Å². The number of hydrogen-bond acceptors (Lipinski definition) is 7. The Morgan fingerprint density at radius 2 is 1.60 bits per heavy atom. The van der Waals surface area contributed by atoms with Crippen molar-refractivity contribution in [1.82, 2.24) is 5.32 Å². The summed E-state index contributed by atoms with van der Waals surface area (Å²) in [4.78, 5) is 27.6. The van der Waals surface area contributed by atoms with E-state index in [1.165, 1.54) is 6.92 Å². The summed E-state index contributed by atoms with van der Waals surface area (Å²) in [6.07, 6.45) is 2.87. The van der Waals surface area contributed by atoms with Gasteiger partial charge in [0, 0.05) is 18.5 Å². The van der Waals surface area contributed by atoms with E-state index in [0.29, 0.717) is 17.7 Å². The van der Waals surface area contributed by atoms with Crippen LogP contribution >= 0.6 is 0 Å². The molecule has 1 heterocycles. The van der Waals surface area contributed by atoms with Gasteiger partial charge in [-0.15, -0.1) is 0 Å². The first kappa shape index (κ1) is 31.1. The Bertz CT molecular complexity index is 1280. The highest BCUT2D eigenvalue weighted by molar-refractivity contribution is 6.13. The minimum Gasteiger partial charge on any atom is -0.485 e. The number of benzene rings is 3. The van der Waals surface area contributed by atoms with Gasteiger partial charge in [0.25, 0.3) is 0 Å². The van der Waals surface area contributed by atoms with E-state index in [-0.39, 0.29) is 50.0 Å². The molecule has 224 valence electrons. The number of carbonyl (C=O) groups is 2. The van der Waals surface area contributed by atoms with Crippen LogP contribution in [0, 0.1) is 0 Å². The molecule has 42 heavy (non-hydrogen) atoms. The lowest BCUT2D eigenvalue weighted by Gasteiger charge is -2.27. The average molecular weight is 575 g/mol. The number of rotatable bonds is 14. The molecule has 1 N–H and O–H groups in total. The van der Waals surface area contributed by atoms with E-state index >= 15 is 0 Å².